The highest BCUT2D eigenvalue weighted by Gasteiger charge is 2.18. The first-order valence-corrected chi connectivity index (χ1v) is 5.80. The van der Waals surface area contributed by atoms with Crippen molar-refractivity contribution in [2.45, 2.75) is 17.4 Å². The first-order valence-electron chi connectivity index (χ1n) is 4.06. The first-order chi connectivity index (χ1) is 6.18. The van der Waals surface area contributed by atoms with Gasteiger partial charge in [-0.25, -0.2) is 0 Å². The third kappa shape index (κ3) is 1.82. The molecular formula is C9H9Cl2NS. The Labute approximate surface area is 91.6 Å². The number of nitrogens with two attached hydrogens (primary N) is 1. The quantitative estimate of drug-likeness (QED) is 0.743. The number of halogens is 2. The smallest absolute Gasteiger partial charge is 0.0603 e. The number of rotatable bonds is 0. The summed E-state index contributed by atoms with van der Waals surface area (Å²) in [6, 6.07) is 3.91. The predicted octanol–water partition coefficient (Wildman–Crippen LogP) is 3.49. The zero-order chi connectivity index (χ0) is 9.42. The molecule has 0 amide bonds. The van der Waals surface area contributed by atoms with Crippen LogP contribution in [0.25, 0.3) is 0 Å². The summed E-state index contributed by atoms with van der Waals surface area (Å²) < 4.78 is 0. The Hall–Kier alpha value is 0.110. The minimum atomic E-state index is 0.117. The van der Waals surface area contributed by atoms with E-state index in [-0.39, 0.29) is 6.04 Å². The summed E-state index contributed by atoms with van der Waals surface area (Å²) in [5, 5.41) is 1.21. The molecule has 2 N–H and O–H groups in total. The van der Waals surface area contributed by atoms with Gasteiger partial charge >= 0.3 is 0 Å². The van der Waals surface area contributed by atoms with Gasteiger partial charge in [0.1, 0.15) is 0 Å². The Morgan fingerprint density at radius 3 is 2.77 bits per heavy atom. The molecule has 1 aliphatic rings. The molecule has 0 spiro atoms. The molecule has 4 heteroatoms. The maximum Gasteiger partial charge on any atom is 0.0603 e. The third-order valence-corrected chi connectivity index (χ3v) is 3.97. The topological polar surface area (TPSA) is 26.0 Å². The molecule has 0 unspecified atom stereocenters. The van der Waals surface area contributed by atoms with Gasteiger partial charge in [-0.15, -0.1) is 11.8 Å². The molecule has 1 aliphatic heterocycles. The predicted molar refractivity (Wildman–Crippen MR) is 58.7 cm³/mol. The lowest BCUT2D eigenvalue weighted by atomic mass is 10.1. The molecule has 1 aromatic rings. The van der Waals surface area contributed by atoms with Gasteiger partial charge in [-0.1, -0.05) is 23.2 Å². The van der Waals surface area contributed by atoms with Crippen molar-refractivity contribution in [2.24, 2.45) is 5.73 Å². The van der Waals surface area contributed by atoms with Gasteiger partial charge in [-0.3, -0.25) is 0 Å². The van der Waals surface area contributed by atoms with Crippen LogP contribution in [-0.2, 0) is 0 Å². The van der Waals surface area contributed by atoms with Crippen LogP contribution in [-0.4, -0.2) is 5.75 Å². The molecule has 0 bridgehead atoms. The standard InChI is InChI=1S/C9H9Cl2NS/c10-6-3-5-8(12)1-2-13-9(5)4-7(6)11/h3-4,8H,1-2,12H2/t8-/m1/s1. The normalized spacial score (nSPS) is 21.3. The Kier molecular flexibility index (Phi) is 2.75. The molecule has 13 heavy (non-hydrogen) atoms. The molecular weight excluding hydrogens is 225 g/mol. The molecule has 0 aliphatic carbocycles. The second-order valence-electron chi connectivity index (χ2n) is 3.05. The lowest BCUT2D eigenvalue weighted by Gasteiger charge is -2.22. The van der Waals surface area contributed by atoms with E-state index in [1.165, 1.54) is 4.90 Å². The van der Waals surface area contributed by atoms with Crippen LogP contribution in [0.4, 0.5) is 0 Å². The monoisotopic (exact) mass is 233 g/mol. The number of thioether (sulfide) groups is 1. The molecule has 0 saturated heterocycles. The van der Waals surface area contributed by atoms with Gasteiger partial charge in [-0.05, 0) is 29.9 Å². The highest BCUT2D eigenvalue weighted by molar-refractivity contribution is 7.99. The fraction of sp³-hybridized carbons (Fsp3) is 0.333. The highest BCUT2D eigenvalue weighted by atomic mass is 35.5. The Bertz CT molecular complexity index is 341. The Morgan fingerprint density at radius 2 is 2.00 bits per heavy atom. The van der Waals surface area contributed by atoms with E-state index in [1.807, 2.05) is 12.1 Å². The number of fused-ring (bicyclic) bond motifs is 1. The van der Waals surface area contributed by atoms with E-state index < -0.39 is 0 Å². The number of benzene rings is 1. The van der Waals surface area contributed by atoms with Gasteiger partial charge in [0.05, 0.1) is 10.0 Å². The third-order valence-electron chi connectivity index (χ3n) is 2.14. The molecule has 1 atom stereocenters. The van der Waals surface area contributed by atoms with Crippen LogP contribution in [0.5, 0.6) is 0 Å². The van der Waals surface area contributed by atoms with E-state index in [2.05, 4.69) is 0 Å². The Morgan fingerprint density at radius 1 is 1.31 bits per heavy atom. The summed E-state index contributed by atoms with van der Waals surface area (Å²) in [4.78, 5) is 1.17. The van der Waals surface area contributed by atoms with E-state index >= 15 is 0 Å². The molecule has 0 radical (unpaired) electrons. The lowest BCUT2D eigenvalue weighted by Crippen LogP contribution is -2.15. The van der Waals surface area contributed by atoms with Crippen molar-refractivity contribution in [3.63, 3.8) is 0 Å². The lowest BCUT2D eigenvalue weighted by molar-refractivity contribution is 0.680. The molecule has 0 aromatic heterocycles. The van der Waals surface area contributed by atoms with Crippen molar-refractivity contribution in [3.05, 3.63) is 27.7 Å². The van der Waals surface area contributed by atoms with Crippen molar-refractivity contribution < 1.29 is 0 Å². The van der Waals surface area contributed by atoms with E-state index in [1.54, 1.807) is 11.8 Å². The molecule has 0 fully saturated rings. The van der Waals surface area contributed by atoms with Gasteiger partial charge in [0.15, 0.2) is 0 Å². The van der Waals surface area contributed by atoms with Crippen LogP contribution < -0.4 is 5.73 Å². The minimum Gasteiger partial charge on any atom is -0.324 e. The zero-order valence-corrected chi connectivity index (χ0v) is 9.22. The van der Waals surface area contributed by atoms with Gasteiger partial charge in [0.2, 0.25) is 0 Å². The number of hydrogen-bond acceptors (Lipinski definition) is 2. The van der Waals surface area contributed by atoms with Crippen molar-refractivity contribution in [3.8, 4) is 0 Å². The van der Waals surface area contributed by atoms with Gasteiger partial charge in [-0.2, -0.15) is 0 Å². The van der Waals surface area contributed by atoms with Crippen LogP contribution in [0.3, 0.4) is 0 Å². The molecule has 70 valence electrons. The van der Waals surface area contributed by atoms with Crippen molar-refractivity contribution in [1.29, 1.82) is 0 Å². The molecule has 1 heterocycles. The Balaban J connectivity index is 2.52. The molecule has 1 aromatic carbocycles. The average molecular weight is 234 g/mol. The van der Waals surface area contributed by atoms with Crippen LogP contribution >= 0.6 is 35.0 Å². The largest absolute Gasteiger partial charge is 0.324 e. The van der Waals surface area contributed by atoms with Gasteiger partial charge < -0.3 is 5.73 Å². The van der Waals surface area contributed by atoms with Crippen LogP contribution in [0.2, 0.25) is 10.0 Å². The van der Waals surface area contributed by atoms with Crippen molar-refractivity contribution in [2.75, 3.05) is 5.75 Å². The zero-order valence-electron chi connectivity index (χ0n) is 6.89. The number of hydrogen-bond donors (Lipinski definition) is 1. The van der Waals surface area contributed by atoms with Gasteiger partial charge in [0, 0.05) is 10.9 Å². The summed E-state index contributed by atoms with van der Waals surface area (Å²) >= 11 is 13.6. The van der Waals surface area contributed by atoms with Crippen LogP contribution in [0.15, 0.2) is 17.0 Å². The summed E-state index contributed by atoms with van der Waals surface area (Å²) in [5.41, 5.74) is 7.08. The van der Waals surface area contributed by atoms with Crippen LogP contribution in [0, 0.1) is 0 Å². The fourth-order valence-corrected chi connectivity index (χ4v) is 2.98. The van der Waals surface area contributed by atoms with E-state index in [0.717, 1.165) is 17.7 Å². The summed E-state index contributed by atoms with van der Waals surface area (Å²) in [6.45, 7) is 0. The maximum atomic E-state index is 5.95. The fourth-order valence-electron chi connectivity index (χ4n) is 1.41. The second-order valence-corrected chi connectivity index (χ2v) is 5.00. The minimum absolute atomic E-state index is 0.117. The molecule has 0 saturated carbocycles. The SMILES string of the molecule is N[C@@H]1CCSc2cc(Cl)c(Cl)cc21. The van der Waals surface area contributed by atoms with Crippen LogP contribution in [0.1, 0.15) is 18.0 Å². The van der Waals surface area contributed by atoms with Gasteiger partial charge in [0.25, 0.3) is 0 Å². The van der Waals surface area contributed by atoms with Crippen molar-refractivity contribution in [1.82, 2.24) is 0 Å². The summed E-state index contributed by atoms with van der Waals surface area (Å²) in [6.07, 6.45) is 1.01. The molecule has 1 nitrogen and oxygen atoms in total. The first kappa shape index (κ1) is 9.66. The van der Waals surface area contributed by atoms with E-state index in [9.17, 15) is 0 Å². The summed E-state index contributed by atoms with van der Waals surface area (Å²) in [5.74, 6) is 1.06. The van der Waals surface area contributed by atoms with E-state index in [0.29, 0.717) is 10.0 Å². The second kappa shape index (κ2) is 3.70. The van der Waals surface area contributed by atoms with E-state index in [4.69, 9.17) is 28.9 Å². The van der Waals surface area contributed by atoms with Crippen molar-refractivity contribution >= 4 is 35.0 Å². The summed E-state index contributed by atoms with van der Waals surface area (Å²) in [7, 11) is 0. The average Bonchev–Trinajstić information content (AvgIpc) is 2.09. The molecule has 2 rings (SSSR count). The maximum absolute atomic E-state index is 5.95. The highest BCUT2D eigenvalue weighted by Crippen LogP contribution is 2.39.